The van der Waals surface area contributed by atoms with Crippen LogP contribution in [0.5, 0.6) is 0 Å². The number of likely N-dealkylation sites (tertiary alicyclic amines) is 1. The van der Waals surface area contributed by atoms with Crippen molar-refractivity contribution in [1.29, 1.82) is 0 Å². The van der Waals surface area contributed by atoms with E-state index in [4.69, 9.17) is 4.42 Å². The highest BCUT2D eigenvalue weighted by atomic mass is 19.4. The molecule has 0 bridgehead atoms. The zero-order valence-corrected chi connectivity index (χ0v) is 12.2. The van der Waals surface area contributed by atoms with Crippen LogP contribution in [0.25, 0.3) is 0 Å². The number of amides is 2. The van der Waals surface area contributed by atoms with Crippen LogP contribution in [0.15, 0.2) is 22.8 Å². The van der Waals surface area contributed by atoms with Gasteiger partial charge >= 0.3 is 12.2 Å². The van der Waals surface area contributed by atoms with Crippen LogP contribution in [-0.4, -0.2) is 43.3 Å². The van der Waals surface area contributed by atoms with Crippen LogP contribution in [0.2, 0.25) is 0 Å². The van der Waals surface area contributed by atoms with E-state index >= 15 is 0 Å². The highest BCUT2D eigenvalue weighted by Crippen LogP contribution is 2.32. The van der Waals surface area contributed by atoms with Crippen molar-refractivity contribution in [3.8, 4) is 0 Å². The molecule has 2 heterocycles. The van der Waals surface area contributed by atoms with Gasteiger partial charge < -0.3 is 20.0 Å². The Bertz CT molecular complexity index is 462. The molecule has 2 N–H and O–H groups in total. The number of furan rings is 1. The summed E-state index contributed by atoms with van der Waals surface area (Å²) >= 11 is 0. The van der Waals surface area contributed by atoms with E-state index in [0.29, 0.717) is 31.8 Å². The van der Waals surface area contributed by atoms with Gasteiger partial charge in [-0.15, -0.1) is 0 Å². The lowest BCUT2D eigenvalue weighted by atomic mass is 9.97. The molecule has 1 unspecified atom stereocenters. The first-order chi connectivity index (χ1) is 10.4. The van der Waals surface area contributed by atoms with Gasteiger partial charge in [-0.2, -0.15) is 13.2 Å². The number of carbonyl (C=O) groups excluding carboxylic acids is 1. The first kappa shape index (κ1) is 16.7. The van der Waals surface area contributed by atoms with Crippen LogP contribution in [0.1, 0.15) is 18.6 Å². The molecule has 2 rings (SSSR count). The van der Waals surface area contributed by atoms with Crippen molar-refractivity contribution in [1.82, 2.24) is 15.5 Å². The Hall–Kier alpha value is -1.70. The van der Waals surface area contributed by atoms with Crippen molar-refractivity contribution in [2.24, 2.45) is 5.92 Å². The Labute approximate surface area is 126 Å². The number of nitrogens with one attached hydrogen (secondary N) is 2. The summed E-state index contributed by atoms with van der Waals surface area (Å²) in [5.74, 6) is -0.617. The van der Waals surface area contributed by atoms with Crippen molar-refractivity contribution >= 4 is 6.03 Å². The van der Waals surface area contributed by atoms with Gasteiger partial charge in [-0.05, 0) is 31.5 Å². The molecule has 22 heavy (non-hydrogen) atoms. The number of halogens is 3. The predicted octanol–water partition coefficient (Wildman–Crippen LogP) is 2.35. The number of carbonyl (C=O) groups is 1. The van der Waals surface area contributed by atoms with E-state index in [1.54, 1.807) is 17.0 Å². The topological polar surface area (TPSA) is 57.5 Å². The first-order valence-corrected chi connectivity index (χ1v) is 7.28. The van der Waals surface area contributed by atoms with E-state index in [2.05, 4.69) is 10.6 Å². The number of hydrogen-bond donors (Lipinski definition) is 2. The molecule has 124 valence electrons. The number of piperidine rings is 1. The van der Waals surface area contributed by atoms with E-state index in [1.807, 2.05) is 0 Å². The molecule has 0 aliphatic carbocycles. The van der Waals surface area contributed by atoms with Crippen LogP contribution < -0.4 is 10.6 Å². The number of rotatable bonds is 5. The molecule has 0 aromatic carbocycles. The average Bonchev–Trinajstić information content (AvgIpc) is 2.98. The Morgan fingerprint density at radius 3 is 2.91 bits per heavy atom. The minimum atomic E-state index is -4.13. The lowest BCUT2D eigenvalue weighted by Gasteiger charge is -2.33. The smallest absolute Gasteiger partial charge is 0.393 e. The molecule has 1 aromatic rings. The number of nitrogens with zero attached hydrogens (tertiary/aromatic N) is 1. The highest BCUT2D eigenvalue weighted by Gasteiger charge is 2.41. The average molecular weight is 319 g/mol. The Balaban J connectivity index is 1.62. The largest absolute Gasteiger partial charge is 0.467 e. The van der Waals surface area contributed by atoms with E-state index in [1.165, 1.54) is 6.26 Å². The molecule has 0 saturated carbocycles. The molecule has 1 fully saturated rings. The zero-order chi connectivity index (χ0) is 16.0. The van der Waals surface area contributed by atoms with Gasteiger partial charge in [0.05, 0.1) is 18.7 Å². The summed E-state index contributed by atoms with van der Waals surface area (Å²) < 4.78 is 43.1. The minimum Gasteiger partial charge on any atom is -0.467 e. The summed E-state index contributed by atoms with van der Waals surface area (Å²) in [5.41, 5.74) is 0. The second-order valence-electron chi connectivity index (χ2n) is 5.37. The van der Waals surface area contributed by atoms with Gasteiger partial charge in [-0.1, -0.05) is 0 Å². The molecule has 1 atom stereocenters. The third-order valence-corrected chi connectivity index (χ3v) is 3.69. The van der Waals surface area contributed by atoms with Crippen LogP contribution in [-0.2, 0) is 6.54 Å². The monoisotopic (exact) mass is 319 g/mol. The SMILES string of the molecule is O=C(NCCN1CCCC(C(F)(F)F)C1)NCc1ccco1. The first-order valence-electron chi connectivity index (χ1n) is 7.28. The zero-order valence-electron chi connectivity index (χ0n) is 12.2. The fourth-order valence-electron chi connectivity index (χ4n) is 2.50. The third kappa shape index (κ3) is 5.25. The van der Waals surface area contributed by atoms with Crippen LogP contribution >= 0.6 is 0 Å². The fraction of sp³-hybridized carbons (Fsp3) is 0.643. The normalized spacial score (nSPS) is 19.9. The standard InChI is InChI=1S/C14H20F3N3O2/c15-14(16,17)11-3-1-6-20(10-11)7-5-18-13(21)19-9-12-4-2-8-22-12/h2,4,8,11H,1,3,5-7,9-10H2,(H2,18,19,21). The molecule has 1 aliphatic rings. The Morgan fingerprint density at radius 2 is 2.23 bits per heavy atom. The van der Waals surface area contributed by atoms with Crippen molar-refractivity contribution in [2.75, 3.05) is 26.2 Å². The molecule has 2 amide bonds. The van der Waals surface area contributed by atoms with Crippen molar-refractivity contribution < 1.29 is 22.4 Å². The maximum atomic E-state index is 12.7. The summed E-state index contributed by atoms with van der Waals surface area (Å²) in [6, 6.07) is 3.11. The number of alkyl halides is 3. The van der Waals surface area contributed by atoms with Crippen LogP contribution in [0, 0.1) is 5.92 Å². The van der Waals surface area contributed by atoms with E-state index in [0.717, 1.165) is 0 Å². The number of urea groups is 1. The Kier molecular flexibility index (Phi) is 5.70. The predicted molar refractivity (Wildman–Crippen MR) is 74.2 cm³/mol. The van der Waals surface area contributed by atoms with E-state index in [-0.39, 0.29) is 25.5 Å². The molecule has 8 heteroatoms. The van der Waals surface area contributed by atoms with Crippen molar-refractivity contribution in [2.45, 2.75) is 25.6 Å². The molecule has 1 aromatic heterocycles. The summed E-state index contributed by atoms with van der Waals surface area (Å²) in [4.78, 5) is 13.3. The van der Waals surface area contributed by atoms with Crippen LogP contribution in [0.3, 0.4) is 0 Å². The van der Waals surface area contributed by atoms with Crippen molar-refractivity contribution in [3.05, 3.63) is 24.2 Å². The second-order valence-corrected chi connectivity index (χ2v) is 5.37. The molecule has 1 aliphatic heterocycles. The van der Waals surface area contributed by atoms with Gasteiger partial charge in [0.15, 0.2) is 0 Å². The fourth-order valence-corrected chi connectivity index (χ4v) is 2.50. The molecule has 0 spiro atoms. The lowest BCUT2D eigenvalue weighted by molar-refractivity contribution is -0.186. The summed E-state index contributed by atoms with van der Waals surface area (Å²) in [5, 5.41) is 5.24. The van der Waals surface area contributed by atoms with Gasteiger partial charge in [-0.3, -0.25) is 0 Å². The van der Waals surface area contributed by atoms with Gasteiger partial charge in [0.1, 0.15) is 5.76 Å². The molecule has 0 radical (unpaired) electrons. The quantitative estimate of drug-likeness (QED) is 0.876. The molecular formula is C14H20F3N3O2. The van der Waals surface area contributed by atoms with Gasteiger partial charge in [0, 0.05) is 19.6 Å². The van der Waals surface area contributed by atoms with Gasteiger partial charge in [0.25, 0.3) is 0 Å². The summed E-state index contributed by atoms with van der Waals surface area (Å²) in [6.07, 6.45) is -1.89. The second kappa shape index (κ2) is 7.53. The maximum absolute atomic E-state index is 12.7. The minimum absolute atomic E-state index is 0.0131. The lowest BCUT2D eigenvalue weighted by Crippen LogP contribution is -2.45. The molecule has 5 nitrogen and oxygen atoms in total. The Morgan fingerprint density at radius 1 is 1.41 bits per heavy atom. The summed E-state index contributed by atoms with van der Waals surface area (Å²) in [6.45, 7) is 1.66. The van der Waals surface area contributed by atoms with E-state index < -0.39 is 12.1 Å². The molecule has 1 saturated heterocycles. The van der Waals surface area contributed by atoms with Crippen molar-refractivity contribution in [3.63, 3.8) is 0 Å². The summed E-state index contributed by atoms with van der Waals surface area (Å²) in [7, 11) is 0. The highest BCUT2D eigenvalue weighted by molar-refractivity contribution is 5.73. The van der Waals surface area contributed by atoms with Gasteiger partial charge in [0.2, 0.25) is 0 Å². The van der Waals surface area contributed by atoms with Gasteiger partial charge in [-0.25, -0.2) is 4.79 Å². The molecular weight excluding hydrogens is 299 g/mol. The third-order valence-electron chi connectivity index (χ3n) is 3.69. The maximum Gasteiger partial charge on any atom is 0.393 e. The van der Waals surface area contributed by atoms with E-state index in [9.17, 15) is 18.0 Å². The van der Waals surface area contributed by atoms with Crippen LogP contribution in [0.4, 0.5) is 18.0 Å². The number of hydrogen-bond acceptors (Lipinski definition) is 3.